The van der Waals surface area contributed by atoms with Crippen molar-refractivity contribution < 1.29 is 19.4 Å². The number of amidine groups is 1. The summed E-state index contributed by atoms with van der Waals surface area (Å²) in [6.07, 6.45) is 3.59. The maximum Gasteiger partial charge on any atom is 0.324 e. The second kappa shape index (κ2) is 14.8. The van der Waals surface area contributed by atoms with Gasteiger partial charge in [0.2, 0.25) is 0 Å². The Labute approximate surface area is 249 Å². The van der Waals surface area contributed by atoms with Crippen LogP contribution in [0.1, 0.15) is 36.8 Å². The molecule has 5 rings (SSSR count). The first kappa shape index (κ1) is 30.3. The minimum absolute atomic E-state index is 0.0418. The lowest BCUT2D eigenvalue weighted by Gasteiger charge is -2.41. The van der Waals surface area contributed by atoms with E-state index >= 15 is 0 Å². The second-order valence-corrected chi connectivity index (χ2v) is 11.8. The molecule has 3 saturated heterocycles. The zero-order valence-corrected chi connectivity index (χ0v) is 24.6. The molecular weight excluding hydrogens is 532 g/mol. The number of morpholine rings is 1. The van der Waals surface area contributed by atoms with Crippen LogP contribution in [0.4, 0.5) is 10.5 Å². The molecule has 3 aliphatic heterocycles. The fourth-order valence-corrected chi connectivity index (χ4v) is 6.14. The standard InChI is InChI=1S/C32H46N6O4/c33-31(34)27-6-4-7-28(20-27)38-24-29(39)23-37(32(38)40)22-25-9-12-36(13-10-25)21-26-5-3-8-30(19-26)42-16-2-1-11-35-14-17-41-18-15-35/h3-8,19-20,25,29,39H,1-2,9-18,21-24H2,(H3,33,34). The largest absolute Gasteiger partial charge is 0.494 e. The third-order valence-electron chi connectivity index (χ3n) is 8.53. The highest BCUT2D eigenvalue weighted by molar-refractivity contribution is 5.98. The summed E-state index contributed by atoms with van der Waals surface area (Å²) in [6.45, 7) is 9.71. The number of hydrogen-bond acceptors (Lipinski definition) is 7. The number of nitrogen functional groups attached to an aromatic ring is 1. The Morgan fingerprint density at radius 3 is 2.57 bits per heavy atom. The van der Waals surface area contributed by atoms with Crippen molar-refractivity contribution in [2.45, 2.75) is 38.3 Å². The number of aliphatic hydroxyl groups is 1. The highest BCUT2D eigenvalue weighted by Gasteiger charge is 2.34. The maximum atomic E-state index is 13.4. The molecule has 0 spiro atoms. The number of nitrogens with one attached hydrogen (secondary N) is 1. The summed E-state index contributed by atoms with van der Waals surface area (Å²) in [5.41, 5.74) is 8.13. The average molecular weight is 579 g/mol. The second-order valence-electron chi connectivity index (χ2n) is 11.8. The molecule has 3 aliphatic rings. The summed E-state index contributed by atoms with van der Waals surface area (Å²) in [4.78, 5) is 21.7. The molecule has 3 fully saturated rings. The number of β-amino-alcohol motifs (C(OH)–C–C–N with tert-alkyl or cyclic N) is 1. The fraction of sp³-hybridized carbons (Fsp3) is 0.562. The van der Waals surface area contributed by atoms with Crippen LogP contribution < -0.4 is 15.4 Å². The number of amides is 2. The molecule has 2 aromatic carbocycles. The summed E-state index contributed by atoms with van der Waals surface area (Å²) < 4.78 is 11.5. The number of hydrogen-bond donors (Lipinski definition) is 3. The zero-order valence-electron chi connectivity index (χ0n) is 24.6. The molecule has 1 unspecified atom stereocenters. The summed E-state index contributed by atoms with van der Waals surface area (Å²) in [5, 5.41) is 18.3. The lowest BCUT2D eigenvalue weighted by Crippen LogP contribution is -2.57. The number of rotatable bonds is 12. The van der Waals surface area contributed by atoms with E-state index in [9.17, 15) is 9.90 Å². The Morgan fingerprint density at radius 2 is 1.79 bits per heavy atom. The molecule has 1 atom stereocenters. The van der Waals surface area contributed by atoms with Crippen LogP contribution in [0.3, 0.4) is 0 Å². The van der Waals surface area contributed by atoms with Crippen molar-refractivity contribution in [3.63, 3.8) is 0 Å². The van der Waals surface area contributed by atoms with Gasteiger partial charge in [-0.25, -0.2) is 4.79 Å². The molecule has 228 valence electrons. The maximum absolute atomic E-state index is 13.4. The molecule has 0 aliphatic carbocycles. The van der Waals surface area contributed by atoms with Gasteiger partial charge in [0.15, 0.2) is 0 Å². The number of likely N-dealkylation sites (tertiary alicyclic amines) is 1. The number of nitrogens with zero attached hydrogens (tertiary/aromatic N) is 4. The topological polar surface area (TPSA) is 119 Å². The minimum atomic E-state index is -0.622. The highest BCUT2D eigenvalue weighted by Crippen LogP contribution is 2.26. The first-order chi connectivity index (χ1) is 20.4. The zero-order chi connectivity index (χ0) is 29.3. The molecule has 42 heavy (non-hydrogen) atoms. The summed E-state index contributed by atoms with van der Waals surface area (Å²) in [5.74, 6) is 1.29. The lowest BCUT2D eigenvalue weighted by molar-refractivity contribution is 0.0368. The molecule has 0 radical (unpaired) electrons. The van der Waals surface area contributed by atoms with Gasteiger partial charge < -0.3 is 25.2 Å². The van der Waals surface area contributed by atoms with E-state index in [1.165, 1.54) is 5.56 Å². The quantitative estimate of drug-likeness (QED) is 0.201. The van der Waals surface area contributed by atoms with Crippen LogP contribution in [0.15, 0.2) is 48.5 Å². The van der Waals surface area contributed by atoms with Gasteiger partial charge in [-0.1, -0.05) is 24.3 Å². The Kier molecular flexibility index (Phi) is 10.7. The van der Waals surface area contributed by atoms with Gasteiger partial charge in [-0.15, -0.1) is 0 Å². The highest BCUT2D eigenvalue weighted by atomic mass is 16.5. The molecular formula is C32H46N6O4. The van der Waals surface area contributed by atoms with Crippen LogP contribution in [-0.4, -0.2) is 110 Å². The van der Waals surface area contributed by atoms with E-state index in [0.717, 1.165) is 90.5 Å². The predicted molar refractivity (Wildman–Crippen MR) is 164 cm³/mol. The van der Waals surface area contributed by atoms with Gasteiger partial charge in [0, 0.05) is 37.4 Å². The van der Waals surface area contributed by atoms with Gasteiger partial charge in [-0.3, -0.25) is 20.1 Å². The number of unbranched alkanes of at least 4 members (excludes halogenated alkanes) is 1. The van der Waals surface area contributed by atoms with Crippen molar-refractivity contribution >= 4 is 17.6 Å². The van der Waals surface area contributed by atoms with Crippen molar-refractivity contribution in [3.05, 3.63) is 59.7 Å². The van der Waals surface area contributed by atoms with E-state index < -0.39 is 6.10 Å². The van der Waals surface area contributed by atoms with Gasteiger partial charge in [-0.05, 0) is 81.1 Å². The average Bonchev–Trinajstić information content (AvgIpc) is 3.00. The molecule has 0 saturated carbocycles. The minimum Gasteiger partial charge on any atom is -0.494 e. The Balaban J connectivity index is 1.05. The molecule has 4 N–H and O–H groups in total. The van der Waals surface area contributed by atoms with Crippen molar-refractivity contribution in [2.24, 2.45) is 11.7 Å². The molecule has 2 amide bonds. The summed E-state index contributed by atoms with van der Waals surface area (Å²) in [7, 11) is 0. The number of piperidine rings is 1. The van der Waals surface area contributed by atoms with Gasteiger partial charge in [0.25, 0.3) is 0 Å². The van der Waals surface area contributed by atoms with Crippen molar-refractivity contribution in [1.82, 2.24) is 14.7 Å². The van der Waals surface area contributed by atoms with Gasteiger partial charge in [0.1, 0.15) is 11.6 Å². The van der Waals surface area contributed by atoms with Crippen LogP contribution in [0.5, 0.6) is 5.75 Å². The predicted octanol–water partition coefficient (Wildman–Crippen LogP) is 2.98. The van der Waals surface area contributed by atoms with Crippen molar-refractivity contribution in [2.75, 3.05) is 77.1 Å². The number of urea groups is 1. The third-order valence-corrected chi connectivity index (χ3v) is 8.53. The number of carbonyl (C=O) groups is 1. The van der Waals surface area contributed by atoms with Gasteiger partial charge in [-0.2, -0.15) is 0 Å². The first-order valence-electron chi connectivity index (χ1n) is 15.4. The fourth-order valence-electron chi connectivity index (χ4n) is 6.14. The molecule has 0 aromatic heterocycles. The van der Waals surface area contributed by atoms with E-state index in [-0.39, 0.29) is 18.4 Å². The molecule has 10 nitrogen and oxygen atoms in total. The molecule has 10 heteroatoms. The molecule has 3 heterocycles. The lowest BCUT2D eigenvalue weighted by atomic mass is 9.95. The van der Waals surface area contributed by atoms with Crippen LogP contribution >= 0.6 is 0 Å². The number of nitrogens with two attached hydrogens (primary N) is 1. The van der Waals surface area contributed by atoms with Gasteiger partial charge in [0.05, 0.1) is 39.0 Å². The number of anilines is 1. The third kappa shape index (κ3) is 8.44. The van der Waals surface area contributed by atoms with Crippen LogP contribution in [0.2, 0.25) is 0 Å². The molecule has 0 bridgehead atoms. The Morgan fingerprint density at radius 1 is 1.00 bits per heavy atom. The van der Waals surface area contributed by atoms with E-state index in [1.54, 1.807) is 28.0 Å². The summed E-state index contributed by atoms with van der Waals surface area (Å²) >= 11 is 0. The SMILES string of the molecule is N=C(N)c1cccc(N2CC(O)CN(CC3CCN(Cc4cccc(OCCCCN5CCOCC5)c4)CC3)C2=O)c1. The Bertz CT molecular complexity index is 1180. The number of benzene rings is 2. The van der Waals surface area contributed by atoms with E-state index in [1.807, 2.05) is 12.1 Å². The number of ether oxygens (including phenoxy) is 2. The van der Waals surface area contributed by atoms with Crippen LogP contribution in [0, 0.1) is 11.3 Å². The van der Waals surface area contributed by atoms with E-state index in [0.29, 0.717) is 30.3 Å². The van der Waals surface area contributed by atoms with Gasteiger partial charge >= 0.3 is 6.03 Å². The summed E-state index contributed by atoms with van der Waals surface area (Å²) in [6, 6.07) is 15.5. The van der Waals surface area contributed by atoms with Crippen molar-refractivity contribution in [1.29, 1.82) is 5.41 Å². The van der Waals surface area contributed by atoms with Crippen molar-refractivity contribution in [3.8, 4) is 5.75 Å². The molecule has 2 aromatic rings. The first-order valence-corrected chi connectivity index (χ1v) is 15.4. The smallest absolute Gasteiger partial charge is 0.324 e. The normalized spacial score (nSPS) is 21.1. The number of aliphatic hydroxyl groups excluding tert-OH is 1. The number of carbonyl (C=O) groups excluding carboxylic acids is 1. The van der Waals surface area contributed by atoms with E-state index in [4.69, 9.17) is 20.6 Å². The Hall–Kier alpha value is -3.18. The van der Waals surface area contributed by atoms with E-state index in [2.05, 4.69) is 28.0 Å². The monoisotopic (exact) mass is 578 g/mol. The van der Waals surface area contributed by atoms with Crippen LogP contribution in [-0.2, 0) is 11.3 Å². The van der Waals surface area contributed by atoms with Crippen LogP contribution in [0.25, 0.3) is 0 Å².